The van der Waals surface area contributed by atoms with Gasteiger partial charge in [0.25, 0.3) is 0 Å². The van der Waals surface area contributed by atoms with Crippen LogP contribution in [0.15, 0.2) is 69.5 Å². The lowest BCUT2D eigenvalue weighted by atomic mass is 9.78. The molecule has 0 fully saturated rings. The number of aromatic hydroxyl groups is 2. The molecule has 0 saturated heterocycles. The molecule has 0 aliphatic carbocycles. The monoisotopic (exact) mass is 658 g/mol. The van der Waals surface area contributed by atoms with Crippen LogP contribution in [-0.4, -0.2) is 20.2 Å². The van der Waals surface area contributed by atoms with Gasteiger partial charge in [-0.15, -0.1) is 0 Å². The molecule has 0 saturated carbocycles. The zero-order valence-corrected chi connectivity index (χ0v) is 31.1. The molecular formula is C43H50N2O4. The van der Waals surface area contributed by atoms with Gasteiger partial charge in [-0.3, -0.25) is 0 Å². The van der Waals surface area contributed by atoms with Crippen LogP contribution in [0, 0.1) is 0 Å². The molecule has 2 heterocycles. The predicted octanol–water partition coefficient (Wildman–Crippen LogP) is 11.5. The largest absolute Gasteiger partial charge is 0.507 e. The lowest BCUT2D eigenvalue weighted by Gasteiger charge is -2.27. The summed E-state index contributed by atoms with van der Waals surface area (Å²) in [7, 11) is 0. The summed E-state index contributed by atoms with van der Waals surface area (Å²) >= 11 is 0. The third kappa shape index (κ3) is 6.70. The van der Waals surface area contributed by atoms with Gasteiger partial charge < -0.3 is 19.0 Å². The van der Waals surface area contributed by atoms with Gasteiger partial charge in [0, 0.05) is 33.4 Å². The summed E-state index contributed by atoms with van der Waals surface area (Å²) in [6, 6.07) is 20.3. The topological polar surface area (TPSA) is 92.5 Å². The van der Waals surface area contributed by atoms with Gasteiger partial charge in [0.1, 0.15) is 22.5 Å². The van der Waals surface area contributed by atoms with Gasteiger partial charge >= 0.3 is 0 Å². The van der Waals surface area contributed by atoms with E-state index in [4.69, 9.17) is 18.8 Å². The van der Waals surface area contributed by atoms with Crippen LogP contribution in [0.1, 0.15) is 116 Å². The highest BCUT2D eigenvalue weighted by Crippen LogP contribution is 2.44. The Morgan fingerprint density at radius 1 is 0.469 bits per heavy atom. The Balaban J connectivity index is 1.33. The number of hydrogen-bond acceptors (Lipinski definition) is 6. The van der Waals surface area contributed by atoms with E-state index in [1.807, 2.05) is 36.4 Å². The predicted molar refractivity (Wildman–Crippen MR) is 200 cm³/mol. The lowest BCUT2D eigenvalue weighted by Crippen LogP contribution is -2.17. The Kier molecular flexibility index (Phi) is 8.05. The minimum atomic E-state index is -0.250. The van der Waals surface area contributed by atoms with Crippen LogP contribution < -0.4 is 0 Å². The molecule has 4 aromatic carbocycles. The first-order chi connectivity index (χ1) is 22.6. The number of benzene rings is 4. The lowest BCUT2D eigenvalue weighted by molar-refractivity contribution is 0.422. The third-order valence-electron chi connectivity index (χ3n) is 9.26. The number of phenols is 2. The second kappa shape index (κ2) is 11.5. The van der Waals surface area contributed by atoms with Crippen molar-refractivity contribution in [1.29, 1.82) is 0 Å². The Morgan fingerprint density at radius 3 is 1.06 bits per heavy atom. The van der Waals surface area contributed by atoms with Crippen LogP contribution in [0.4, 0.5) is 0 Å². The van der Waals surface area contributed by atoms with E-state index >= 15 is 0 Å². The number of rotatable bonds is 4. The minimum Gasteiger partial charge on any atom is -0.507 e. The number of hydrogen-bond donors (Lipinski definition) is 2. The van der Waals surface area contributed by atoms with E-state index in [1.165, 1.54) is 0 Å². The van der Waals surface area contributed by atoms with Crippen molar-refractivity contribution in [3.63, 3.8) is 0 Å². The van der Waals surface area contributed by atoms with E-state index in [0.29, 0.717) is 29.7 Å². The van der Waals surface area contributed by atoms with Crippen molar-refractivity contribution in [3.05, 3.63) is 94.0 Å². The van der Waals surface area contributed by atoms with Crippen LogP contribution in [-0.2, 0) is 28.1 Å². The fraction of sp³-hybridized carbons (Fsp3) is 0.395. The van der Waals surface area contributed by atoms with E-state index < -0.39 is 0 Å². The molecule has 0 atom stereocenters. The standard InChI is InChI=1S/C43H50N2O4/c1-40(2,3)28-20-26(21-29(36(28)46)41(4,5)6)38-44-32-18-24(13-15-34(32)48-38)17-25-14-16-35-33(19-25)45-39(49-35)27-22-30(42(7,8)9)37(47)31(23-27)43(10,11)12/h13-16,18-23,46-47H,17H2,1-12H3. The summed E-state index contributed by atoms with van der Waals surface area (Å²) in [5.74, 6) is 1.76. The van der Waals surface area contributed by atoms with Gasteiger partial charge in [-0.1, -0.05) is 95.2 Å². The van der Waals surface area contributed by atoms with Gasteiger partial charge in [0.05, 0.1) is 0 Å². The normalized spacial score (nSPS) is 13.1. The molecule has 6 nitrogen and oxygen atoms in total. The molecule has 2 aromatic heterocycles. The quantitative estimate of drug-likeness (QED) is 0.196. The van der Waals surface area contributed by atoms with Crippen LogP contribution >= 0.6 is 0 Å². The molecule has 0 aliphatic rings. The van der Waals surface area contributed by atoms with E-state index in [2.05, 4.69) is 107 Å². The number of oxazole rings is 2. The van der Waals surface area contributed by atoms with Gasteiger partial charge in [0.2, 0.25) is 11.8 Å². The van der Waals surface area contributed by atoms with Gasteiger partial charge in [0.15, 0.2) is 11.2 Å². The third-order valence-corrected chi connectivity index (χ3v) is 9.26. The number of nitrogens with zero attached hydrogens (tertiary/aromatic N) is 2. The molecule has 0 amide bonds. The zero-order chi connectivity index (χ0) is 35.8. The zero-order valence-electron chi connectivity index (χ0n) is 31.1. The van der Waals surface area contributed by atoms with Crippen molar-refractivity contribution in [1.82, 2.24) is 9.97 Å². The molecule has 0 bridgehead atoms. The molecule has 0 spiro atoms. The highest BCUT2D eigenvalue weighted by molar-refractivity contribution is 5.79. The summed E-state index contributed by atoms with van der Waals surface area (Å²) in [6.45, 7) is 25.2. The van der Waals surface area contributed by atoms with Gasteiger partial charge in [-0.25, -0.2) is 9.97 Å². The van der Waals surface area contributed by atoms with Gasteiger partial charge in [-0.05, 0) is 87.7 Å². The van der Waals surface area contributed by atoms with Crippen LogP contribution in [0.2, 0.25) is 0 Å². The van der Waals surface area contributed by atoms with Crippen LogP contribution in [0.5, 0.6) is 11.5 Å². The average Bonchev–Trinajstić information content (AvgIpc) is 3.59. The Hall–Kier alpha value is -4.58. The first-order valence-corrected chi connectivity index (χ1v) is 17.2. The second-order valence-electron chi connectivity index (χ2n) is 17.7. The summed E-state index contributed by atoms with van der Waals surface area (Å²) < 4.78 is 12.5. The van der Waals surface area contributed by atoms with Crippen molar-refractivity contribution in [2.24, 2.45) is 0 Å². The summed E-state index contributed by atoms with van der Waals surface area (Å²) in [5, 5.41) is 22.4. The highest BCUT2D eigenvalue weighted by atomic mass is 16.4. The van der Waals surface area contributed by atoms with Crippen molar-refractivity contribution in [2.75, 3.05) is 0 Å². The molecule has 49 heavy (non-hydrogen) atoms. The maximum Gasteiger partial charge on any atom is 0.227 e. The Morgan fingerprint density at radius 2 is 0.776 bits per heavy atom. The molecule has 256 valence electrons. The average molecular weight is 659 g/mol. The first kappa shape index (κ1) is 34.3. The molecule has 2 N–H and O–H groups in total. The van der Waals surface area contributed by atoms with Crippen LogP contribution in [0.25, 0.3) is 45.1 Å². The minimum absolute atomic E-state index is 0.250. The van der Waals surface area contributed by atoms with E-state index in [9.17, 15) is 10.2 Å². The van der Waals surface area contributed by atoms with Crippen molar-refractivity contribution >= 4 is 22.2 Å². The SMILES string of the molecule is CC(C)(C)c1cc(-c2nc3cc(Cc4ccc5oc(-c6cc(C(C)(C)C)c(O)c(C(C)(C)C)c6)nc5c4)ccc3o2)cc(C(C)(C)C)c1O. The molecule has 0 radical (unpaired) electrons. The second-order valence-corrected chi connectivity index (χ2v) is 17.7. The van der Waals surface area contributed by atoms with Crippen LogP contribution in [0.3, 0.4) is 0 Å². The summed E-state index contributed by atoms with van der Waals surface area (Å²) in [5.41, 5.74) is 9.44. The van der Waals surface area contributed by atoms with E-state index in [-0.39, 0.29) is 21.7 Å². The summed E-state index contributed by atoms with van der Waals surface area (Å²) in [6.07, 6.45) is 0.694. The van der Waals surface area contributed by atoms with Crippen molar-refractivity contribution in [3.8, 4) is 34.4 Å². The molecule has 6 aromatic rings. The number of fused-ring (bicyclic) bond motifs is 2. The first-order valence-electron chi connectivity index (χ1n) is 17.2. The number of phenolic OH excluding ortho intramolecular Hbond substituents is 2. The van der Waals surface area contributed by atoms with Crippen molar-refractivity contribution < 1.29 is 19.0 Å². The van der Waals surface area contributed by atoms with Gasteiger partial charge in [-0.2, -0.15) is 0 Å². The Bertz CT molecular complexity index is 1980. The van der Waals surface area contributed by atoms with E-state index in [1.54, 1.807) is 0 Å². The number of aromatic nitrogens is 2. The van der Waals surface area contributed by atoms with Crippen molar-refractivity contribution in [2.45, 2.75) is 111 Å². The maximum absolute atomic E-state index is 11.2. The van der Waals surface area contributed by atoms with E-state index in [0.717, 1.165) is 66.7 Å². The fourth-order valence-electron chi connectivity index (χ4n) is 6.45. The molecule has 0 aliphatic heterocycles. The Labute approximate surface area is 290 Å². The summed E-state index contributed by atoms with van der Waals surface area (Å²) in [4.78, 5) is 9.82. The highest BCUT2D eigenvalue weighted by Gasteiger charge is 2.29. The maximum atomic E-state index is 11.2. The fourth-order valence-corrected chi connectivity index (χ4v) is 6.45. The smallest absolute Gasteiger partial charge is 0.227 e. The molecule has 6 heteroatoms. The molecule has 0 unspecified atom stereocenters. The molecular weight excluding hydrogens is 608 g/mol. The molecule has 6 rings (SSSR count).